The lowest BCUT2D eigenvalue weighted by Gasteiger charge is -2.42. The van der Waals surface area contributed by atoms with Gasteiger partial charge in [-0.1, -0.05) is 42.0 Å². The van der Waals surface area contributed by atoms with Gasteiger partial charge in [-0.05, 0) is 85.9 Å². The largest absolute Gasteiger partial charge is 0.508 e. The molecule has 3 aromatic rings. The lowest BCUT2D eigenvalue weighted by atomic mass is 9.59. The number of phenolic OH excluding ortho intramolecular Hbond substituents is 1. The molecule has 1 heterocycles. The highest BCUT2D eigenvalue weighted by atomic mass is 16.3. The van der Waals surface area contributed by atoms with Crippen molar-refractivity contribution in [1.29, 1.82) is 0 Å². The van der Waals surface area contributed by atoms with E-state index in [2.05, 4.69) is 5.32 Å². The summed E-state index contributed by atoms with van der Waals surface area (Å²) in [7, 11) is 0. The van der Waals surface area contributed by atoms with Crippen LogP contribution >= 0.6 is 0 Å². The Hall–Kier alpha value is -5.04. The summed E-state index contributed by atoms with van der Waals surface area (Å²) in [5.74, 6) is -2.92. The molecule has 4 unspecified atom stereocenters. The van der Waals surface area contributed by atoms with Gasteiger partial charge in [-0.2, -0.15) is 0 Å². The molecule has 42 heavy (non-hydrogen) atoms. The van der Waals surface area contributed by atoms with Crippen LogP contribution in [0.25, 0.3) is 0 Å². The molecule has 0 spiro atoms. The number of rotatable bonds is 4. The lowest BCUT2D eigenvalue weighted by Crippen LogP contribution is -2.39. The molecule has 4 aliphatic rings. The third kappa shape index (κ3) is 4.04. The number of Topliss-reactive ketones (excluding diaryl/α,β-unsaturated/α-hetero) is 1. The van der Waals surface area contributed by atoms with Gasteiger partial charge >= 0.3 is 0 Å². The number of carbonyl (C=O) groups is 4. The molecule has 0 bridgehead atoms. The van der Waals surface area contributed by atoms with Gasteiger partial charge in [0.2, 0.25) is 11.8 Å². The Morgan fingerprint density at radius 1 is 0.810 bits per heavy atom. The monoisotopic (exact) mass is 556 g/mol. The van der Waals surface area contributed by atoms with Crippen LogP contribution in [0.3, 0.4) is 0 Å². The van der Waals surface area contributed by atoms with Crippen LogP contribution in [0.1, 0.15) is 31.2 Å². The van der Waals surface area contributed by atoms with Gasteiger partial charge < -0.3 is 10.4 Å². The van der Waals surface area contributed by atoms with E-state index in [1.807, 2.05) is 48.5 Å². The Morgan fingerprint density at radius 2 is 1.50 bits per heavy atom. The number of hydrogen-bond acceptors (Lipinski definition) is 6. The zero-order chi connectivity index (χ0) is 29.1. The van der Waals surface area contributed by atoms with Gasteiger partial charge in [0.15, 0.2) is 11.6 Å². The molecule has 208 valence electrons. The van der Waals surface area contributed by atoms with Crippen LogP contribution in [0.4, 0.5) is 17.1 Å². The van der Waals surface area contributed by atoms with Crippen LogP contribution in [0.5, 0.6) is 5.75 Å². The second kappa shape index (κ2) is 9.80. The quantitative estimate of drug-likeness (QED) is 0.240. The summed E-state index contributed by atoms with van der Waals surface area (Å²) in [4.78, 5) is 55.8. The molecule has 2 amide bonds. The van der Waals surface area contributed by atoms with E-state index in [1.165, 1.54) is 11.0 Å². The molecule has 1 saturated heterocycles. The fourth-order valence-corrected chi connectivity index (χ4v) is 7.04. The Morgan fingerprint density at radius 3 is 2.21 bits per heavy atom. The van der Waals surface area contributed by atoms with Crippen LogP contribution in [0.15, 0.2) is 113 Å². The number of benzene rings is 3. The first-order valence-electron chi connectivity index (χ1n) is 14.1. The minimum Gasteiger partial charge on any atom is -0.508 e. The van der Waals surface area contributed by atoms with E-state index in [0.717, 1.165) is 22.5 Å². The molecule has 7 heteroatoms. The molecule has 3 aliphatic carbocycles. The van der Waals surface area contributed by atoms with E-state index in [1.54, 1.807) is 43.3 Å². The molecule has 0 radical (unpaired) electrons. The van der Waals surface area contributed by atoms with Crippen molar-refractivity contribution in [1.82, 2.24) is 0 Å². The Kier molecular flexibility index (Phi) is 6.04. The molecular formula is C35H28N2O5. The molecule has 7 rings (SSSR count). The van der Waals surface area contributed by atoms with Crippen molar-refractivity contribution >= 4 is 40.4 Å². The standard InChI is InChI=1S/C35H28N2O5/c1-19-17-29(39)28-18-27-25(30(32(28)33(19)40)20-7-13-24(38)14-8-20)15-16-26-31(27)35(42)37(34(26)41)23-11-9-22(10-12-23)36-21-5-3-2-4-6-21/h2-15,17,26-27,30-31,36,38H,16,18H2,1H3. The van der Waals surface area contributed by atoms with Crippen LogP contribution < -0.4 is 10.2 Å². The number of phenols is 1. The van der Waals surface area contributed by atoms with Crippen molar-refractivity contribution < 1.29 is 24.3 Å². The topological polar surface area (TPSA) is 104 Å². The summed E-state index contributed by atoms with van der Waals surface area (Å²) in [5, 5.41) is 13.2. The molecule has 1 fully saturated rings. The number of nitrogens with one attached hydrogen (secondary N) is 1. The van der Waals surface area contributed by atoms with Gasteiger partial charge in [-0.15, -0.1) is 0 Å². The minimum absolute atomic E-state index is 0.0947. The number of anilines is 3. The third-order valence-corrected chi connectivity index (χ3v) is 8.98. The summed E-state index contributed by atoms with van der Waals surface area (Å²) >= 11 is 0. The van der Waals surface area contributed by atoms with E-state index in [-0.39, 0.29) is 35.6 Å². The molecule has 2 N–H and O–H groups in total. The van der Waals surface area contributed by atoms with Crippen molar-refractivity contribution in [2.45, 2.75) is 25.7 Å². The smallest absolute Gasteiger partial charge is 0.238 e. The van der Waals surface area contributed by atoms with E-state index < -0.39 is 23.7 Å². The Bertz CT molecular complexity index is 1750. The van der Waals surface area contributed by atoms with Crippen molar-refractivity contribution in [3.05, 3.63) is 119 Å². The summed E-state index contributed by atoms with van der Waals surface area (Å²) in [6.45, 7) is 1.65. The molecule has 0 aromatic heterocycles. The maximum atomic E-state index is 14.1. The van der Waals surface area contributed by atoms with Gasteiger partial charge in [0.25, 0.3) is 0 Å². The van der Waals surface area contributed by atoms with Crippen LogP contribution in [0.2, 0.25) is 0 Å². The van der Waals surface area contributed by atoms with Crippen LogP contribution in [0, 0.1) is 17.8 Å². The Labute approximate surface area is 242 Å². The van der Waals surface area contributed by atoms with Gasteiger partial charge in [-0.25, -0.2) is 0 Å². The highest BCUT2D eigenvalue weighted by Crippen LogP contribution is 2.55. The minimum atomic E-state index is -0.636. The molecule has 0 saturated carbocycles. The number of amides is 2. The molecule has 4 atom stereocenters. The normalized spacial score (nSPS) is 25.0. The third-order valence-electron chi connectivity index (χ3n) is 8.98. The van der Waals surface area contributed by atoms with Gasteiger partial charge in [0.1, 0.15) is 5.75 Å². The first-order chi connectivity index (χ1) is 20.3. The first-order valence-corrected chi connectivity index (χ1v) is 14.1. The average molecular weight is 557 g/mol. The fraction of sp³-hybridized carbons (Fsp3) is 0.200. The number of fused-ring (bicyclic) bond motifs is 3. The van der Waals surface area contributed by atoms with E-state index in [4.69, 9.17) is 0 Å². The number of nitrogens with zero attached hydrogens (tertiary/aromatic N) is 1. The van der Waals surface area contributed by atoms with Crippen molar-refractivity contribution in [2.75, 3.05) is 10.2 Å². The predicted molar refractivity (Wildman–Crippen MR) is 158 cm³/mol. The number of ketones is 2. The average Bonchev–Trinajstić information content (AvgIpc) is 3.26. The van der Waals surface area contributed by atoms with E-state index in [9.17, 15) is 24.3 Å². The fourth-order valence-electron chi connectivity index (χ4n) is 7.04. The summed E-state index contributed by atoms with van der Waals surface area (Å²) < 4.78 is 0. The van der Waals surface area contributed by atoms with Gasteiger partial charge in [0, 0.05) is 34.0 Å². The molecular weight excluding hydrogens is 528 g/mol. The van der Waals surface area contributed by atoms with Crippen molar-refractivity contribution in [3.8, 4) is 5.75 Å². The second-order valence-corrected chi connectivity index (χ2v) is 11.4. The Balaban J connectivity index is 1.24. The van der Waals surface area contributed by atoms with Crippen LogP contribution in [-0.4, -0.2) is 28.5 Å². The number of imide groups is 1. The number of para-hydroxylation sites is 1. The zero-order valence-corrected chi connectivity index (χ0v) is 22.9. The first kappa shape index (κ1) is 25.9. The number of aromatic hydroxyl groups is 1. The van der Waals surface area contributed by atoms with Gasteiger partial charge in [-0.3, -0.25) is 24.1 Å². The number of carbonyl (C=O) groups excluding carboxylic acids is 4. The second-order valence-electron chi connectivity index (χ2n) is 11.4. The van der Waals surface area contributed by atoms with Crippen molar-refractivity contribution in [2.24, 2.45) is 17.8 Å². The van der Waals surface area contributed by atoms with Crippen LogP contribution in [-0.2, 0) is 19.2 Å². The highest BCUT2D eigenvalue weighted by Gasteiger charge is 2.56. The summed E-state index contributed by atoms with van der Waals surface area (Å²) in [6, 6.07) is 23.6. The zero-order valence-electron chi connectivity index (χ0n) is 22.9. The lowest BCUT2D eigenvalue weighted by molar-refractivity contribution is -0.123. The van der Waals surface area contributed by atoms with E-state index in [0.29, 0.717) is 28.8 Å². The highest BCUT2D eigenvalue weighted by molar-refractivity contribution is 6.25. The number of allylic oxidation sites excluding steroid dienone is 6. The predicted octanol–water partition coefficient (Wildman–Crippen LogP) is 5.77. The van der Waals surface area contributed by atoms with Crippen molar-refractivity contribution in [3.63, 3.8) is 0 Å². The summed E-state index contributed by atoms with van der Waals surface area (Å²) in [6.07, 6.45) is 3.99. The molecule has 3 aromatic carbocycles. The maximum absolute atomic E-state index is 14.1. The molecule has 1 aliphatic heterocycles. The SMILES string of the molecule is CC1=CC(=O)C2=C(C1=O)C(c1ccc(O)cc1)C1=CCC3C(=O)N(c4ccc(Nc5ccccc5)cc4)C(=O)C3C1C2. The summed E-state index contributed by atoms with van der Waals surface area (Å²) in [5.41, 5.74) is 5.17. The van der Waals surface area contributed by atoms with Gasteiger partial charge in [0.05, 0.1) is 17.5 Å². The maximum Gasteiger partial charge on any atom is 0.238 e. The molecule has 7 nitrogen and oxygen atoms in total. The number of hydrogen-bond donors (Lipinski definition) is 2. The van der Waals surface area contributed by atoms with E-state index >= 15 is 0 Å².